The summed E-state index contributed by atoms with van der Waals surface area (Å²) in [5.41, 5.74) is 4.16. The number of hydrogen-bond acceptors (Lipinski definition) is 9. The van der Waals surface area contributed by atoms with Gasteiger partial charge in [0.25, 0.3) is 5.91 Å². The second-order valence-electron chi connectivity index (χ2n) is 9.44. The Balaban J connectivity index is 1.44. The number of H-pyrrole nitrogens is 1. The van der Waals surface area contributed by atoms with Gasteiger partial charge in [-0.05, 0) is 58.7 Å². The molecule has 0 fully saturated rings. The van der Waals surface area contributed by atoms with Crippen LogP contribution in [0.15, 0.2) is 70.6 Å². The smallest absolute Gasteiger partial charge is 0.270 e. The van der Waals surface area contributed by atoms with E-state index in [0.29, 0.717) is 45.8 Å². The molecule has 0 spiro atoms. The Morgan fingerprint density at radius 3 is 2.62 bits per heavy atom. The van der Waals surface area contributed by atoms with Crippen molar-refractivity contribution < 1.29 is 9.18 Å². The lowest BCUT2D eigenvalue weighted by Crippen LogP contribution is -2.33. The van der Waals surface area contributed by atoms with E-state index in [-0.39, 0.29) is 17.6 Å². The van der Waals surface area contributed by atoms with Crippen molar-refractivity contribution in [2.24, 2.45) is 9.98 Å². The Morgan fingerprint density at radius 1 is 1.10 bits per heavy atom. The number of carbonyl (C=O) groups is 1. The van der Waals surface area contributed by atoms with Crippen molar-refractivity contribution in [3.8, 4) is 11.4 Å². The van der Waals surface area contributed by atoms with E-state index in [1.54, 1.807) is 62.9 Å². The standard InChI is InChI=1S/C30H31FN10O/c1-17(7-9-24(33-6)23-12-22(31)14-34-20(23)4)19(3)38-30(42)25-10-8-21(13-35-25)29-37-18(2)11-26(41-29)39-28-16-36-27(40-28)15-32-5/h7-16,19H,6H2,1-5H3,(H,36,40)(H,38,42)(H,37,39,41)/b17-7+,24-9-,32-15-. The van der Waals surface area contributed by atoms with Crippen LogP contribution in [0.25, 0.3) is 17.1 Å². The molecule has 1 amide bonds. The summed E-state index contributed by atoms with van der Waals surface area (Å²) in [5, 5.41) is 6.09. The van der Waals surface area contributed by atoms with Gasteiger partial charge in [-0.3, -0.25) is 24.7 Å². The third-order valence-corrected chi connectivity index (χ3v) is 6.25. The average Bonchev–Trinajstić information content (AvgIpc) is 3.41. The number of pyridine rings is 2. The van der Waals surface area contributed by atoms with Crippen molar-refractivity contribution in [1.82, 2.24) is 35.2 Å². The molecule has 0 saturated carbocycles. The van der Waals surface area contributed by atoms with Gasteiger partial charge in [-0.2, -0.15) is 0 Å². The predicted octanol–water partition coefficient (Wildman–Crippen LogP) is 5.01. The van der Waals surface area contributed by atoms with Crippen LogP contribution in [0.3, 0.4) is 0 Å². The lowest BCUT2D eigenvalue weighted by Gasteiger charge is -2.14. The fraction of sp³-hybridized carbons (Fsp3) is 0.200. The number of nitrogens with one attached hydrogen (secondary N) is 3. The van der Waals surface area contributed by atoms with Crippen molar-refractivity contribution in [2.45, 2.75) is 33.7 Å². The van der Waals surface area contributed by atoms with Gasteiger partial charge in [0.2, 0.25) is 0 Å². The second kappa shape index (κ2) is 13.3. The number of anilines is 2. The number of halogens is 1. The maximum Gasteiger partial charge on any atom is 0.270 e. The molecule has 12 heteroatoms. The molecule has 1 unspecified atom stereocenters. The average molecular weight is 567 g/mol. The molecule has 1 atom stereocenters. The van der Waals surface area contributed by atoms with Crippen molar-refractivity contribution in [2.75, 3.05) is 12.4 Å². The molecule has 0 radical (unpaired) electrons. The zero-order valence-electron chi connectivity index (χ0n) is 24.0. The maximum absolute atomic E-state index is 13.7. The Bertz CT molecular complexity index is 1690. The van der Waals surface area contributed by atoms with E-state index in [1.807, 2.05) is 20.8 Å². The number of imidazole rings is 1. The summed E-state index contributed by atoms with van der Waals surface area (Å²) in [6, 6.07) is 6.23. The van der Waals surface area contributed by atoms with Crippen LogP contribution in [-0.4, -0.2) is 61.8 Å². The number of amides is 1. The lowest BCUT2D eigenvalue weighted by atomic mass is 10.1. The van der Waals surface area contributed by atoms with Crippen LogP contribution in [-0.2, 0) is 0 Å². The Labute approximate surface area is 242 Å². The minimum atomic E-state index is -0.457. The molecule has 4 rings (SSSR count). The van der Waals surface area contributed by atoms with Gasteiger partial charge >= 0.3 is 0 Å². The van der Waals surface area contributed by atoms with Gasteiger partial charge in [0.1, 0.15) is 23.1 Å². The molecule has 0 aliphatic heterocycles. The first kappa shape index (κ1) is 29.6. The molecule has 0 aliphatic rings. The molecular weight excluding hydrogens is 535 g/mol. The van der Waals surface area contributed by atoms with Crippen molar-refractivity contribution in [3.05, 3.63) is 94.9 Å². The van der Waals surface area contributed by atoms with Crippen LogP contribution in [0.5, 0.6) is 0 Å². The molecule has 0 saturated heterocycles. The largest absolute Gasteiger partial charge is 0.345 e. The van der Waals surface area contributed by atoms with E-state index in [9.17, 15) is 9.18 Å². The third-order valence-electron chi connectivity index (χ3n) is 6.25. The van der Waals surface area contributed by atoms with Gasteiger partial charge in [-0.1, -0.05) is 11.6 Å². The van der Waals surface area contributed by atoms with Gasteiger partial charge in [0, 0.05) is 54.1 Å². The number of hydrogen-bond donors (Lipinski definition) is 3. The fourth-order valence-electron chi connectivity index (χ4n) is 3.88. The zero-order valence-corrected chi connectivity index (χ0v) is 24.0. The van der Waals surface area contributed by atoms with Crippen LogP contribution < -0.4 is 10.6 Å². The Kier molecular flexibility index (Phi) is 9.38. The highest BCUT2D eigenvalue weighted by Crippen LogP contribution is 2.21. The number of allylic oxidation sites excluding steroid dienone is 2. The Hall–Kier alpha value is -5.39. The topological polar surface area (TPSA) is 146 Å². The van der Waals surface area contributed by atoms with Gasteiger partial charge in [0.15, 0.2) is 11.6 Å². The zero-order chi connectivity index (χ0) is 30.2. The number of aromatic amines is 1. The molecule has 214 valence electrons. The summed E-state index contributed by atoms with van der Waals surface area (Å²) in [7, 11) is 1.67. The Morgan fingerprint density at radius 2 is 1.90 bits per heavy atom. The molecule has 11 nitrogen and oxygen atoms in total. The second-order valence-corrected chi connectivity index (χ2v) is 9.44. The molecule has 3 N–H and O–H groups in total. The number of aromatic nitrogens is 6. The van der Waals surface area contributed by atoms with Gasteiger partial charge in [0.05, 0.1) is 18.1 Å². The number of rotatable bonds is 10. The van der Waals surface area contributed by atoms with Gasteiger partial charge in [-0.15, -0.1) is 0 Å². The summed E-state index contributed by atoms with van der Waals surface area (Å²) in [6.07, 6.45) is 9.57. The van der Waals surface area contributed by atoms with Crippen molar-refractivity contribution in [3.63, 3.8) is 0 Å². The summed E-state index contributed by atoms with van der Waals surface area (Å²) in [6.45, 7) is 10.9. The molecule has 0 aromatic carbocycles. The molecule has 4 aromatic heterocycles. The highest BCUT2D eigenvalue weighted by Gasteiger charge is 2.14. The van der Waals surface area contributed by atoms with Crippen LogP contribution in [0.4, 0.5) is 16.0 Å². The van der Waals surface area contributed by atoms with Crippen LogP contribution in [0.2, 0.25) is 0 Å². The number of carbonyl (C=O) groups excluding carboxylic acids is 1. The van der Waals surface area contributed by atoms with E-state index in [4.69, 9.17) is 0 Å². The van der Waals surface area contributed by atoms with Gasteiger partial charge in [-0.25, -0.2) is 19.3 Å². The van der Waals surface area contributed by atoms with Crippen molar-refractivity contribution >= 4 is 36.2 Å². The monoisotopic (exact) mass is 566 g/mol. The first-order valence-electron chi connectivity index (χ1n) is 13.0. The third kappa shape index (κ3) is 7.42. The normalized spacial score (nSPS) is 12.8. The minimum Gasteiger partial charge on any atom is -0.345 e. The SMILES string of the molecule is C=N/C(=C\C=C(/C)C(C)NC(=O)c1ccc(-c2nc(C)cc(Nc3c[nH]c(/C=N\C)n3)n2)cn1)c1cc(F)cnc1C. The quantitative estimate of drug-likeness (QED) is 0.181. The number of nitrogens with zero attached hydrogens (tertiary/aromatic N) is 7. The minimum absolute atomic E-state index is 0.247. The summed E-state index contributed by atoms with van der Waals surface area (Å²) in [5.74, 6) is 1.44. The molecule has 0 bridgehead atoms. The van der Waals surface area contributed by atoms with E-state index < -0.39 is 5.82 Å². The maximum atomic E-state index is 13.7. The lowest BCUT2D eigenvalue weighted by molar-refractivity contribution is 0.0940. The van der Waals surface area contributed by atoms with Crippen LogP contribution in [0.1, 0.15) is 47.1 Å². The van der Waals surface area contributed by atoms with Crippen LogP contribution >= 0.6 is 0 Å². The van der Waals surface area contributed by atoms with Crippen molar-refractivity contribution in [1.29, 1.82) is 0 Å². The highest BCUT2D eigenvalue weighted by molar-refractivity contribution is 5.93. The highest BCUT2D eigenvalue weighted by atomic mass is 19.1. The molecule has 42 heavy (non-hydrogen) atoms. The molecule has 4 aromatic rings. The number of aliphatic imine (C=N–C) groups is 2. The number of aryl methyl sites for hydroxylation is 2. The van der Waals surface area contributed by atoms with E-state index in [1.165, 1.54) is 6.07 Å². The molecule has 4 heterocycles. The summed E-state index contributed by atoms with van der Waals surface area (Å²) >= 11 is 0. The predicted molar refractivity (Wildman–Crippen MR) is 163 cm³/mol. The van der Waals surface area contributed by atoms with Gasteiger partial charge < -0.3 is 15.6 Å². The summed E-state index contributed by atoms with van der Waals surface area (Å²) in [4.78, 5) is 45.7. The fourth-order valence-corrected chi connectivity index (χ4v) is 3.88. The van der Waals surface area contributed by atoms with E-state index in [0.717, 1.165) is 17.5 Å². The first-order valence-corrected chi connectivity index (χ1v) is 13.0. The van der Waals surface area contributed by atoms with E-state index >= 15 is 0 Å². The molecular formula is C30H31FN10O. The summed E-state index contributed by atoms with van der Waals surface area (Å²) < 4.78 is 13.7. The molecule has 0 aliphatic carbocycles. The first-order chi connectivity index (χ1) is 20.2. The van der Waals surface area contributed by atoms with E-state index in [2.05, 4.69) is 57.2 Å². The van der Waals surface area contributed by atoms with Crippen LogP contribution in [0, 0.1) is 19.7 Å².